The molecule has 0 atom stereocenters. The molecule has 0 radical (unpaired) electrons. The molecule has 4 rings (SSSR count). The highest BCUT2D eigenvalue weighted by atomic mass is 16.4. The van der Waals surface area contributed by atoms with Gasteiger partial charge in [0.2, 0.25) is 5.91 Å². The number of carbonyl (C=O) groups excluding carboxylic acids is 1. The normalized spacial score (nSPS) is 16.2. The summed E-state index contributed by atoms with van der Waals surface area (Å²) in [6.45, 7) is 1.59. The molecule has 1 aromatic heterocycles. The first-order chi connectivity index (χ1) is 13.6. The van der Waals surface area contributed by atoms with E-state index in [1.54, 1.807) is 0 Å². The lowest BCUT2D eigenvalue weighted by Crippen LogP contribution is -2.49. The number of piperidine rings is 1. The van der Waals surface area contributed by atoms with Gasteiger partial charge in [0.1, 0.15) is 0 Å². The fraction of sp³-hybridized carbons (Fsp3) is 0.304. The zero-order chi connectivity index (χ0) is 19.6. The number of carboxylic acid groups (broad SMARTS) is 1. The van der Waals surface area contributed by atoms with Crippen LogP contribution in [0.5, 0.6) is 0 Å². The van der Waals surface area contributed by atoms with E-state index < -0.39 is 11.4 Å². The lowest BCUT2D eigenvalue weighted by atomic mass is 9.73. The van der Waals surface area contributed by atoms with E-state index in [2.05, 4.69) is 22.8 Å². The second-order valence-electron chi connectivity index (χ2n) is 7.45. The van der Waals surface area contributed by atoms with E-state index in [4.69, 9.17) is 0 Å². The minimum atomic E-state index is -0.894. The molecule has 0 saturated carbocycles. The molecular weight excluding hydrogens is 352 g/mol. The van der Waals surface area contributed by atoms with E-state index in [0.29, 0.717) is 38.9 Å². The van der Waals surface area contributed by atoms with Crippen molar-refractivity contribution in [2.45, 2.75) is 31.2 Å². The zero-order valence-electron chi connectivity index (χ0n) is 15.8. The van der Waals surface area contributed by atoms with Crippen molar-refractivity contribution in [3.05, 3.63) is 72.4 Å². The monoisotopic (exact) mass is 376 g/mol. The molecule has 5 heteroatoms. The van der Waals surface area contributed by atoms with Gasteiger partial charge in [-0.25, -0.2) is 0 Å². The quantitative estimate of drug-likeness (QED) is 0.739. The number of benzene rings is 2. The van der Waals surface area contributed by atoms with E-state index in [9.17, 15) is 14.7 Å². The van der Waals surface area contributed by atoms with Gasteiger partial charge >= 0.3 is 5.97 Å². The van der Waals surface area contributed by atoms with E-state index >= 15 is 0 Å². The maximum Gasteiger partial charge on any atom is 0.314 e. The number of nitrogens with zero attached hydrogens (tertiary/aromatic N) is 2. The molecule has 1 N–H and O–H groups in total. The van der Waals surface area contributed by atoms with Crippen molar-refractivity contribution in [2.75, 3.05) is 13.1 Å². The Morgan fingerprint density at radius 3 is 2.32 bits per heavy atom. The van der Waals surface area contributed by atoms with Gasteiger partial charge in [0.15, 0.2) is 0 Å². The van der Waals surface area contributed by atoms with Gasteiger partial charge in [0, 0.05) is 37.8 Å². The molecule has 1 aliphatic rings. The van der Waals surface area contributed by atoms with Gasteiger partial charge in [-0.15, -0.1) is 0 Å². The predicted octanol–water partition coefficient (Wildman–Crippen LogP) is 3.68. The Hall–Kier alpha value is -3.08. The van der Waals surface area contributed by atoms with E-state index in [-0.39, 0.29) is 5.91 Å². The number of hydrogen-bond acceptors (Lipinski definition) is 2. The Labute approximate surface area is 164 Å². The molecule has 0 bridgehead atoms. The molecule has 144 valence electrons. The van der Waals surface area contributed by atoms with Crippen LogP contribution < -0.4 is 0 Å². The minimum absolute atomic E-state index is 0.0878. The van der Waals surface area contributed by atoms with Gasteiger partial charge in [-0.2, -0.15) is 0 Å². The molecule has 1 aliphatic heterocycles. The van der Waals surface area contributed by atoms with E-state index in [1.807, 2.05) is 53.6 Å². The Morgan fingerprint density at radius 2 is 1.61 bits per heavy atom. The van der Waals surface area contributed by atoms with Gasteiger partial charge in [-0.3, -0.25) is 9.59 Å². The number of likely N-dealkylation sites (tertiary alicyclic amines) is 1. The summed E-state index contributed by atoms with van der Waals surface area (Å²) >= 11 is 0. The molecule has 28 heavy (non-hydrogen) atoms. The number of carboxylic acids is 1. The summed E-state index contributed by atoms with van der Waals surface area (Å²) in [4.78, 5) is 26.6. The van der Waals surface area contributed by atoms with Crippen LogP contribution in [0.2, 0.25) is 0 Å². The summed E-state index contributed by atoms with van der Waals surface area (Å²) in [5.74, 6) is -0.713. The largest absolute Gasteiger partial charge is 0.481 e. The fourth-order valence-corrected chi connectivity index (χ4v) is 4.23. The molecule has 0 aliphatic carbocycles. The number of aryl methyl sites for hydroxylation is 1. The highest BCUT2D eigenvalue weighted by Crippen LogP contribution is 2.36. The lowest BCUT2D eigenvalue weighted by Gasteiger charge is -2.39. The number of para-hydroxylation sites is 1. The number of amides is 1. The van der Waals surface area contributed by atoms with E-state index in [1.165, 1.54) is 5.39 Å². The van der Waals surface area contributed by atoms with E-state index in [0.717, 1.165) is 11.1 Å². The molecule has 5 nitrogen and oxygen atoms in total. The zero-order valence-corrected chi connectivity index (χ0v) is 15.8. The van der Waals surface area contributed by atoms with Crippen molar-refractivity contribution < 1.29 is 14.7 Å². The average Bonchev–Trinajstić information content (AvgIpc) is 3.16. The smallest absolute Gasteiger partial charge is 0.314 e. The summed E-state index contributed by atoms with van der Waals surface area (Å²) in [6, 6.07) is 19.6. The minimum Gasteiger partial charge on any atom is -0.481 e. The highest BCUT2D eigenvalue weighted by Gasteiger charge is 2.43. The van der Waals surface area contributed by atoms with Crippen molar-refractivity contribution >= 4 is 22.8 Å². The molecule has 1 fully saturated rings. The number of aromatic nitrogens is 1. The van der Waals surface area contributed by atoms with Crippen LogP contribution in [0.3, 0.4) is 0 Å². The number of fused-ring (bicyclic) bond motifs is 1. The number of rotatable bonds is 5. The third-order valence-corrected chi connectivity index (χ3v) is 5.95. The van der Waals surface area contributed by atoms with Crippen molar-refractivity contribution in [3.63, 3.8) is 0 Å². The standard InChI is InChI=1S/C23H24N2O3/c26-21(11-15-24-14-10-18-6-4-5-9-20(18)24)25-16-12-23(13-17-25,22(27)28)19-7-2-1-3-8-19/h1-10,14H,11-13,15-17H2,(H,27,28). The Balaban J connectivity index is 1.40. The van der Waals surface area contributed by atoms with Crippen LogP contribution in [-0.2, 0) is 21.5 Å². The number of aliphatic carboxylic acids is 1. The van der Waals surface area contributed by atoms with Gasteiger partial charge in [0.25, 0.3) is 0 Å². The maximum absolute atomic E-state index is 12.7. The second-order valence-corrected chi connectivity index (χ2v) is 7.45. The highest BCUT2D eigenvalue weighted by molar-refractivity contribution is 5.83. The topological polar surface area (TPSA) is 62.5 Å². The van der Waals surface area contributed by atoms with Crippen LogP contribution in [-0.4, -0.2) is 39.5 Å². The van der Waals surface area contributed by atoms with Gasteiger partial charge in [0.05, 0.1) is 5.41 Å². The SMILES string of the molecule is O=C(CCn1ccc2ccccc21)N1CCC(C(=O)O)(c2ccccc2)CC1. The molecule has 1 amide bonds. The first kappa shape index (κ1) is 18.3. The average molecular weight is 376 g/mol. The van der Waals surface area contributed by atoms with Crippen molar-refractivity contribution in [1.82, 2.24) is 9.47 Å². The summed E-state index contributed by atoms with van der Waals surface area (Å²) in [5, 5.41) is 11.1. The van der Waals surface area contributed by atoms with Crippen molar-refractivity contribution in [3.8, 4) is 0 Å². The third kappa shape index (κ3) is 3.28. The van der Waals surface area contributed by atoms with Gasteiger partial charge in [-0.1, -0.05) is 48.5 Å². The van der Waals surface area contributed by atoms with Crippen LogP contribution in [0.25, 0.3) is 10.9 Å². The number of hydrogen-bond donors (Lipinski definition) is 1. The van der Waals surface area contributed by atoms with Crippen LogP contribution in [0.1, 0.15) is 24.8 Å². The predicted molar refractivity (Wildman–Crippen MR) is 108 cm³/mol. The van der Waals surface area contributed by atoms with Crippen molar-refractivity contribution in [2.24, 2.45) is 0 Å². The third-order valence-electron chi connectivity index (χ3n) is 5.95. The molecule has 2 heterocycles. The first-order valence-electron chi connectivity index (χ1n) is 9.71. The number of carbonyl (C=O) groups is 2. The van der Waals surface area contributed by atoms with Crippen LogP contribution in [0.15, 0.2) is 66.9 Å². The van der Waals surface area contributed by atoms with Crippen LogP contribution >= 0.6 is 0 Å². The summed E-state index contributed by atoms with van der Waals surface area (Å²) in [6.07, 6.45) is 3.33. The summed E-state index contributed by atoms with van der Waals surface area (Å²) < 4.78 is 2.10. The van der Waals surface area contributed by atoms with Gasteiger partial charge < -0.3 is 14.6 Å². The Kier molecular flexibility index (Phi) is 4.90. The second kappa shape index (κ2) is 7.50. The molecule has 0 unspecified atom stereocenters. The molecule has 1 saturated heterocycles. The summed E-state index contributed by atoms with van der Waals surface area (Å²) in [5.41, 5.74) is 1.06. The Bertz CT molecular complexity index is 985. The van der Waals surface area contributed by atoms with Crippen molar-refractivity contribution in [1.29, 1.82) is 0 Å². The maximum atomic E-state index is 12.7. The summed E-state index contributed by atoms with van der Waals surface area (Å²) in [7, 11) is 0. The lowest BCUT2D eigenvalue weighted by molar-refractivity contribution is -0.148. The first-order valence-corrected chi connectivity index (χ1v) is 9.71. The molecule has 3 aromatic rings. The molecule has 0 spiro atoms. The fourth-order valence-electron chi connectivity index (χ4n) is 4.23. The van der Waals surface area contributed by atoms with Crippen LogP contribution in [0.4, 0.5) is 0 Å². The Morgan fingerprint density at radius 1 is 0.929 bits per heavy atom. The molecule has 2 aromatic carbocycles. The van der Waals surface area contributed by atoms with Crippen LogP contribution in [0, 0.1) is 0 Å². The van der Waals surface area contributed by atoms with Gasteiger partial charge in [-0.05, 0) is 35.9 Å². The molecular formula is C23H24N2O3.